The monoisotopic (exact) mass is 272 g/mol. The number of aromatic nitrogens is 1. The van der Waals surface area contributed by atoms with Gasteiger partial charge < -0.3 is 15.4 Å². The standard InChI is InChI=1S/C16H20N2O2/c17-16(20)8-13-12-5-1-2-6-14(12)18-9-11(10-19)4-3-7-15(13)18/h1-2,5-6,11,19H,3-4,7-10H2,(H2,17,20). The van der Waals surface area contributed by atoms with Gasteiger partial charge in [0.1, 0.15) is 0 Å². The molecule has 3 N–H and O–H groups in total. The highest BCUT2D eigenvalue weighted by atomic mass is 16.3. The largest absolute Gasteiger partial charge is 0.396 e. The van der Waals surface area contributed by atoms with Crippen LogP contribution in [0, 0.1) is 5.92 Å². The Kier molecular flexibility index (Phi) is 3.49. The first-order valence-electron chi connectivity index (χ1n) is 7.19. The van der Waals surface area contributed by atoms with Gasteiger partial charge in [0, 0.05) is 29.7 Å². The minimum absolute atomic E-state index is 0.219. The first kappa shape index (κ1) is 13.2. The second kappa shape index (κ2) is 5.29. The third-order valence-corrected chi connectivity index (χ3v) is 4.27. The maximum Gasteiger partial charge on any atom is 0.221 e. The summed E-state index contributed by atoms with van der Waals surface area (Å²) in [5, 5.41) is 10.6. The lowest BCUT2D eigenvalue weighted by Gasteiger charge is -2.13. The van der Waals surface area contributed by atoms with Gasteiger partial charge in [-0.05, 0) is 36.8 Å². The first-order chi connectivity index (χ1) is 9.70. The van der Waals surface area contributed by atoms with E-state index < -0.39 is 0 Å². The Bertz CT molecular complexity index is 645. The molecule has 20 heavy (non-hydrogen) atoms. The number of fused-ring (bicyclic) bond motifs is 3. The van der Waals surface area contributed by atoms with Crippen LogP contribution in [0.25, 0.3) is 10.9 Å². The fourth-order valence-corrected chi connectivity index (χ4v) is 3.35. The van der Waals surface area contributed by atoms with Crippen LogP contribution in [0.3, 0.4) is 0 Å². The zero-order chi connectivity index (χ0) is 14.1. The molecule has 0 bridgehead atoms. The molecule has 0 fully saturated rings. The minimum atomic E-state index is -0.285. The van der Waals surface area contributed by atoms with Crippen molar-refractivity contribution in [2.45, 2.75) is 32.2 Å². The number of nitrogens with zero attached hydrogens (tertiary/aromatic N) is 1. The maximum atomic E-state index is 11.4. The number of amides is 1. The van der Waals surface area contributed by atoms with E-state index in [1.54, 1.807) is 0 Å². The van der Waals surface area contributed by atoms with Crippen LogP contribution in [0.5, 0.6) is 0 Å². The van der Waals surface area contributed by atoms with E-state index in [1.807, 2.05) is 12.1 Å². The summed E-state index contributed by atoms with van der Waals surface area (Å²) in [6, 6.07) is 8.16. The molecule has 4 heteroatoms. The zero-order valence-corrected chi connectivity index (χ0v) is 11.5. The molecule has 2 heterocycles. The number of benzene rings is 1. The lowest BCUT2D eigenvalue weighted by Crippen LogP contribution is -2.15. The minimum Gasteiger partial charge on any atom is -0.396 e. The number of carbonyl (C=O) groups excluding carboxylic acids is 1. The van der Waals surface area contributed by atoms with Gasteiger partial charge in [0.2, 0.25) is 5.91 Å². The molecule has 1 atom stereocenters. The fraction of sp³-hybridized carbons (Fsp3) is 0.438. The van der Waals surface area contributed by atoms with Crippen LogP contribution in [0.15, 0.2) is 24.3 Å². The first-order valence-corrected chi connectivity index (χ1v) is 7.19. The van der Waals surface area contributed by atoms with Crippen molar-refractivity contribution in [3.8, 4) is 0 Å². The third kappa shape index (κ3) is 2.20. The summed E-state index contributed by atoms with van der Waals surface area (Å²) in [7, 11) is 0. The number of aliphatic hydroxyl groups excluding tert-OH is 1. The summed E-state index contributed by atoms with van der Waals surface area (Å²) in [5.74, 6) is 0.0144. The summed E-state index contributed by atoms with van der Waals surface area (Å²) >= 11 is 0. The lowest BCUT2D eigenvalue weighted by atomic mass is 10.0. The van der Waals surface area contributed by atoms with Gasteiger partial charge in [0.25, 0.3) is 0 Å². The summed E-state index contributed by atoms with van der Waals surface area (Å²) in [5.41, 5.74) is 8.86. The number of primary amides is 1. The molecule has 0 spiro atoms. The number of hydrogen-bond donors (Lipinski definition) is 2. The molecule has 0 aliphatic carbocycles. The average Bonchev–Trinajstić information content (AvgIpc) is 2.62. The van der Waals surface area contributed by atoms with Crippen molar-refractivity contribution < 1.29 is 9.90 Å². The van der Waals surface area contributed by atoms with Crippen LogP contribution in [0.4, 0.5) is 0 Å². The van der Waals surface area contributed by atoms with Crippen molar-refractivity contribution in [3.05, 3.63) is 35.5 Å². The van der Waals surface area contributed by atoms with E-state index in [4.69, 9.17) is 5.73 Å². The van der Waals surface area contributed by atoms with Crippen molar-refractivity contribution in [2.24, 2.45) is 11.7 Å². The topological polar surface area (TPSA) is 68.2 Å². The Morgan fingerprint density at radius 1 is 1.40 bits per heavy atom. The van der Waals surface area contributed by atoms with Gasteiger partial charge in [-0.1, -0.05) is 18.2 Å². The highest BCUT2D eigenvalue weighted by molar-refractivity contribution is 5.90. The molecule has 1 aliphatic heterocycles. The van der Waals surface area contributed by atoms with Gasteiger partial charge >= 0.3 is 0 Å². The summed E-state index contributed by atoms with van der Waals surface area (Å²) in [6.07, 6.45) is 3.33. The molecule has 106 valence electrons. The predicted molar refractivity (Wildman–Crippen MR) is 78.4 cm³/mol. The van der Waals surface area contributed by atoms with Crippen LogP contribution >= 0.6 is 0 Å². The molecular weight excluding hydrogens is 252 g/mol. The highest BCUT2D eigenvalue weighted by Gasteiger charge is 2.23. The second-order valence-electron chi connectivity index (χ2n) is 5.64. The fourth-order valence-electron chi connectivity index (χ4n) is 3.35. The molecule has 1 amide bonds. The number of hydrogen-bond acceptors (Lipinski definition) is 2. The van der Waals surface area contributed by atoms with E-state index >= 15 is 0 Å². The molecular formula is C16H20N2O2. The predicted octanol–water partition coefficient (Wildman–Crippen LogP) is 1.61. The Morgan fingerprint density at radius 3 is 2.95 bits per heavy atom. The number of aliphatic hydroxyl groups is 1. The van der Waals surface area contributed by atoms with Crippen LogP contribution in [-0.2, 0) is 24.2 Å². The van der Waals surface area contributed by atoms with Gasteiger partial charge in [0.05, 0.1) is 6.42 Å². The van der Waals surface area contributed by atoms with E-state index in [9.17, 15) is 9.90 Å². The molecule has 1 aromatic carbocycles. The Labute approximate surface area is 118 Å². The van der Waals surface area contributed by atoms with E-state index in [2.05, 4.69) is 16.7 Å². The number of rotatable bonds is 3. The molecule has 1 aromatic heterocycles. The van der Waals surface area contributed by atoms with Crippen molar-refractivity contribution >= 4 is 16.8 Å². The Balaban J connectivity index is 2.18. The van der Waals surface area contributed by atoms with Crippen LogP contribution in [0.1, 0.15) is 24.1 Å². The Morgan fingerprint density at radius 2 is 2.20 bits per heavy atom. The zero-order valence-electron chi connectivity index (χ0n) is 11.5. The van der Waals surface area contributed by atoms with Crippen molar-refractivity contribution in [3.63, 3.8) is 0 Å². The second-order valence-corrected chi connectivity index (χ2v) is 5.64. The molecule has 0 saturated carbocycles. The normalized spacial score (nSPS) is 18.8. The SMILES string of the molecule is NC(=O)Cc1c2n(c3ccccc13)CC(CO)CCC2. The van der Waals surface area contributed by atoms with Crippen LogP contribution in [0.2, 0.25) is 0 Å². The molecule has 0 radical (unpaired) electrons. The van der Waals surface area contributed by atoms with Crippen molar-refractivity contribution in [1.29, 1.82) is 0 Å². The summed E-state index contributed by atoms with van der Waals surface area (Å²) in [6.45, 7) is 1.04. The highest BCUT2D eigenvalue weighted by Crippen LogP contribution is 2.31. The van der Waals surface area contributed by atoms with E-state index in [0.29, 0.717) is 12.3 Å². The van der Waals surface area contributed by atoms with Gasteiger partial charge in [-0.25, -0.2) is 0 Å². The van der Waals surface area contributed by atoms with Crippen LogP contribution < -0.4 is 5.73 Å². The molecule has 2 aromatic rings. The van der Waals surface area contributed by atoms with Gasteiger partial charge in [-0.15, -0.1) is 0 Å². The van der Waals surface area contributed by atoms with Crippen molar-refractivity contribution in [2.75, 3.05) is 6.61 Å². The van der Waals surface area contributed by atoms with Gasteiger partial charge in [-0.2, -0.15) is 0 Å². The van der Waals surface area contributed by atoms with E-state index in [1.165, 1.54) is 5.69 Å². The maximum absolute atomic E-state index is 11.4. The molecule has 1 aliphatic rings. The summed E-state index contributed by atoms with van der Waals surface area (Å²) in [4.78, 5) is 11.4. The number of nitrogens with two attached hydrogens (primary N) is 1. The van der Waals surface area contributed by atoms with Crippen molar-refractivity contribution in [1.82, 2.24) is 4.57 Å². The molecule has 4 nitrogen and oxygen atoms in total. The number of para-hydroxylation sites is 1. The summed E-state index contributed by atoms with van der Waals surface area (Å²) < 4.78 is 2.28. The molecule has 3 rings (SSSR count). The molecule has 1 unspecified atom stereocenters. The third-order valence-electron chi connectivity index (χ3n) is 4.27. The van der Waals surface area contributed by atoms with Gasteiger partial charge in [-0.3, -0.25) is 4.79 Å². The van der Waals surface area contributed by atoms with E-state index in [-0.39, 0.29) is 12.5 Å². The van der Waals surface area contributed by atoms with Crippen LogP contribution in [-0.4, -0.2) is 22.2 Å². The van der Waals surface area contributed by atoms with Gasteiger partial charge in [0.15, 0.2) is 0 Å². The average molecular weight is 272 g/mol. The Hall–Kier alpha value is -1.81. The smallest absolute Gasteiger partial charge is 0.221 e. The van der Waals surface area contributed by atoms with E-state index in [0.717, 1.165) is 42.3 Å². The lowest BCUT2D eigenvalue weighted by molar-refractivity contribution is -0.117. The number of carbonyl (C=O) groups is 1. The quantitative estimate of drug-likeness (QED) is 0.891. The molecule has 0 saturated heterocycles.